The van der Waals surface area contributed by atoms with Gasteiger partial charge < -0.3 is 10.4 Å². The third-order valence-electron chi connectivity index (χ3n) is 4.92. The number of nitrogens with one attached hydrogen (secondary N) is 2. The molecule has 0 bridgehead atoms. The van der Waals surface area contributed by atoms with Crippen molar-refractivity contribution in [2.24, 2.45) is 0 Å². The molecule has 9 nitrogen and oxygen atoms in total. The summed E-state index contributed by atoms with van der Waals surface area (Å²) in [6.07, 6.45) is 0.915. The van der Waals surface area contributed by atoms with Crippen LogP contribution in [0.25, 0.3) is 0 Å². The van der Waals surface area contributed by atoms with E-state index < -0.39 is 16.1 Å². The van der Waals surface area contributed by atoms with Crippen LogP contribution in [0.1, 0.15) is 46.6 Å². The number of fused-ring (bicyclic) bond motifs is 1. The molecule has 154 valence electrons. The minimum absolute atomic E-state index is 0.0437. The zero-order valence-electron chi connectivity index (χ0n) is 16.0. The minimum atomic E-state index is -3.56. The van der Waals surface area contributed by atoms with Crippen molar-refractivity contribution in [1.82, 2.24) is 19.9 Å². The number of amides is 2. The molecule has 1 atom stereocenters. The zero-order valence-corrected chi connectivity index (χ0v) is 16.9. The second kappa shape index (κ2) is 8.18. The molecule has 10 heteroatoms. The Kier molecular flexibility index (Phi) is 5.85. The number of carboxylic acid groups (broad SMARTS) is 1. The summed E-state index contributed by atoms with van der Waals surface area (Å²) in [4.78, 5) is 29.4. The van der Waals surface area contributed by atoms with E-state index in [4.69, 9.17) is 0 Å². The van der Waals surface area contributed by atoms with E-state index in [-0.39, 0.29) is 29.9 Å². The van der Waals surface area contributed by atoms with Gasteiger partial charge in [-0.25, -0.2) is 17.9 Å². The van der Waals surface area contributed by atoms with Gasteiger partial charge in [0.15, 0.2) is 0 Å². The van der Waals surface area contributed by atoms with Crippen LogP contribution in [0.15, 0.2) is 41.4 Å². The molecule has 3 rings (SSSR count). The van der Waals surface area contributed by atoms with Crippen molar-refractivity contribution in [2.45, 2.75) is 37.4 Å². The van der Waals surface area contributed by atoms with E-state index in [2.05, 4.69) is 15.0 Å². The van der Waals surface area contributed by atoms with Crippen molar-refractivity contribution in [3.8, 4) is 0 Å². The number of hydrogen-bond donors (Lipinski definition) is 3. The van der Waals surface area contributed by atoms with Gasteiger partial charge in [0.1, 0.15) is 4.90 Å². The first-order chi connectivity index (χ1) is 13.8. The van der Waals surface area contributed by atoms with Gasteiger partial charge in [-0.3, -0.25) is 14.7 Å². The van der Waals surface area contributed by atoms with Gasteiger partial charge in [0, 0.05) is 18.3 Å². The lowest BCUT2D eigenvalue weighted by molar-refractivity contribution is 0.0950. The SMILES string of the molecule is CC[C@H]1c2ccc(C(=O)NCc3ccc(S(=O)(=O)NC)cn3)cc2CN1C(=O)O. The highest BCUT2D eigenvalue weighted by Gasteiger charge is 2.32. The average molecular weight is 418 g/mol. The second-order valence-electron chi connectivity index (χ2n) is 6.62. The van der Waals surface area contributed by atoms with Crippen molar-refractivity contribution in [3.05, 3.63) is 58.9 Å². The van der Waals surface area contributed by atoms with E-state index >= 15 is 0 Å². The number of carbonyl (C=O) groups is 2. The quantitative estimate of drug-likeness (QED) is 0.657. The van der Waals surface area contributed by atoms with Crippen LogP contribution in [0, 0.1) is 0 Å². The van der Waals surface area contributed by atoms with Crippen LogP contribution in [0.3, 0.4) is 0 Å². The molecule has 0 saturated carbocycles. The van der Waals surface area contributed by atoms with Gasteiger partial charge in [0.25, 0.3) is 5.91 Å². The van der Waals surface area contributed by atoms with Gasteiger partial charge in [-0.05, 0) is 48.9 Å². The number of pyridine rings is 1. The van der Waals surface area contributed by atoms with Crippen molar-refractivity contribution >= 4 is 22.0 Å². The molecule has 1 aliphatic heterocycles. The number of benzene rings is 1. The van der Waals surface area contributed by atoms with Crippen molar-refractivity contribution < 1.29 is 23.1 Å². The Balaban J connectivity index is 1.68. The van der Waals surface area contributed by atoms with Crippen molar-refractivity contribution in [2.75, 3.05) is 7.05 Å². The summed E-state index contributed by atoms with van der Waals surface area (Å²) in [7, 11) is -2.24. The Morgan fingerprint density at radius 2 is 2.03 bits per heavy atom. The van der Waals surface area contributed by atoms with Crippen LogP contribution in [0.5, 0.6) is 0 Å². The summed E-state index contributed by atoms with van der Waals surface area (Å²) in [6.45, 7) is 2.32. The van der Waals surface area contributed by atoms with Crippen LogP contribution in [0.4, 0.5) is 4.79 Å². The van der Waals surface area contributed by atoms with E-state index in [1.54, 1.807) is 18.2 Å². The topological polar surface area (TPSA) is 129 Å². The third kappa shape index (κ3) is 4.22. The maximum absolute atomic E-state index is 12.5. The number of carbonyl (C=O) groups excluding carboxylic acids is 1. The molecule has 0 aliphatic carbocycles. The average Bonchev–Trinajstić information content (AvgIpc) is 3.10. The number of hydrogen-bond acceptors (Lipinski definition) is 5. The number of sulfonamides is 1. The van der Waals surface area contributed by atoms with Crippen LogP contribution >= 0.6 is 0 Å². The van der Waals surface area contributed by atoms with Crippen LogP contribution in [-0.4, -0.2) is 42.5 Å². The minimum Gasteiger partial charge on any atom is -0.465 e. The summed E-state index contributed by atoms with van der Waals surface area (Å²) < 4.78 is 25.6. The first-order valence-corrected chi connectivity index (χ1v) is 10.5. The van der Waals surface area contributed by atoms with Crippen LogP contribution in [-0.2, 0) is 23.1 Å². The molecule has 0 saturated heterocycles. The molecule has 3 N–H and O–H groups in total. The Labute approximate surface area is 168 Å². The number of nitrogens with zero attached hydrogens (tertiary/aromatic N) is 2. The third-order valence-corrected chi connectivity index (χ3v) is 6.32. The molecule has 0 unspecified atom stereocenters. The molecule has 2 heterocycles. The maximum Gasteiger partial charge on any atom is 0.408 e. The Morgan fingerprint density at radius 3 is 2.62 bits per heavy atom. The van der Waals surface area contributed by atoms with Crippen LogP contribution < -0.4 is 10.0 Å². The fraction of sp³-hybridized carbons (Fsp3) is 0.316. The first-order valence-electron chi connectivity index (χ1n) is 9.06. The lowest BCUT2D eigenvalue weighted by atomic mass is 10.0. The highest BCUT2D eigenvalue weighted by atomic mass is 32.2. The molecule has 1 aromatic heterocycles. The molecule has 29 heavy (non-hydrogen) atoms. The molecule has 0 spiro atoms. The predicted octanol–water partition coefficient (Wildman–Crippen LogP) is 1.86. The van der Waals surface area contributed by atoms with Gasteiger partial charge in [-0.1, -0.05) is 13.0 Å². The van der Waals surface area contributed by atoms with Gasteiger partial charge >= 0.3 is 6.09 Å². The summed E-state index contributed by atoms with van der Waals surface area (Å²) in [5.41, 5.74) is 2.69. The fourth-order valence-corrected chi connectivity index (χ4v) is 4.05. The van der Waals surface area contributed by atoms with E-state index in [0.717, 1.165) is 11.1 Å². The molecular formula is C19H22N4O5S. The fourth-order valence-electron chi connectivity index (χ4n) is 3.38. The normalized spacial score (nSPS) is 15.8. The predicted molar refractivity (Wildman–Crippen MR) is 105 cm³/mol. The van der Waals surface area contributed by atoms with Gasteiger partial charge in [-0.2, -0.15) is 0 Å². The summed E-state index contributed by atoms with van der Waals surface area (Å²) >= 11 is 0. The monoisotopic (exact) mass is 418 g/mol. The molecule has 2 aromatic rings. The highest BCUT2D eigenvalue weighted by Crippen LogP contribution is 2.36. The largest absolute Gasteiger partial charge is 0.465 e. The lowest BCUT2D eigenvalue weighted by Gasteiger charge is -2.20. The zero-order chi connectivity index (χ0) is 21.2. The summed E-state index contributed by atoms with van der Waals surface area (Å²) in [6, 6.07) is 7.95. The molecule has 1 aliphatic rings. The standard InChI is InChI=1S/C19H22N4O5S/c1-3-17-16-7-4-12(8-13(16)11-23(17)19(25)26)18(24)22-9-14-5-6-15(10-21-14)29(27,28)20-2/h4-8,10,17,20H,3,9,11H2,1-2H3,(H,22,24)(H,25,26)/t17-/m0/s1. The molecule has 2 amide bonds. The van der Waals surface area contributed by atoms with Gasteiger partial charge in [0.2, 0.25) is 10.0 Å². The number of aromatic nitrogens is 1. The first kappa shape index (κ1) is 20.7. The summed E-state index contributed by atoms with van der Waals surface area (Å²) in [5, 5.41) is 12.1. The summed E-state index contributed by atoms with van der Waals surface area (Å²) in [5.74, 6) is -0.316. The van der Waals surface area contributed by atoms with E-state index in [1.807, 2.05) is 6.92 Å². The van der Waals surface area contributed by atoms with Crippen LogP contribution in [0.2, 0.25) is 0 Å². The Morgan fingerprint density at radius 1 is 1.28 bits per heavy atom. The van der Waals surface area contributed by atoms with Gasteiger partial charge in [0.05, 0.1) is 18.3 Å². The smallest absolute Gasteiger partial charge is 0.408 e. The maximum atomic E-state index is 12.5. The molecule has 1 aromatic carbocycles. The second-order valence-corrected chi connectivity index (χ2v) is 8.51. The Hall–Kier alpha value is -2.98. The van der Waals surface area contributed by atoms with Crippen molar-refractivity contribution in [1.29, 1.82) is 0 Å². The molecule has 0 radical (unpaired) electrons. The molecule has 0 fully saturated rings. The van der Waals surface area contributed by atoms with E-state index in [0.29, 0.717) is 17.7 Å². The van der Waals surface area contributed by atoms with E-state index in [9.17, 15) is 23.1 Å². The van der Waals surface area contributed by atoms with Crippen molar-refractivity contribution in [3.63, 3.8) is 0 Å². The Bertz CT molecular complexity index is 1040. The number of rotatable bonds is 6. The van der Waals surface area contributed by atoms with E-state index in [1.165, 1.54) is 30.3 Å². The molecular weight excluding hydrogens is 396 g/mol. The van der Waals surface area contributed by atoms with Gasteiger partial charge in [-0.15, -0.1) is 0 Å². The highest BCUT2D eigenvalue weighted by molar-refractivity contribution is 7.89. The lowest BCUT2D eigenvalue weighted by Crippen LogP contribution is -2.27.